The smallest absolute Gasteiger partial charge is 0.266 e. The minimum absolute atomic E-state index is 0.0114. The van der Waals surface area contributed by atoms with Gasteiger partial charge in [-0.3, -0.25) is 9.69 Å². The van der Waals surface area contributed by atoms with Gasteiger partial charge in [-0.15, -0.1) is 0 Å². The lowest BCUT2D eigenvalue weighted by Crippen LogP contribution is -2.27. The first-order valence-electron chi connectivity index (χ1n) is 7.72. The second kappa shape index (κ2) is 9.04. The first-order chi connectivity index (χ1) is 13.2. The number of ether oxygens (including phenoxy) is 1. The lowest BCUT2D eigenvalue weighted by Gasteiger charge is -2.12. The van der Waals surface area contributed by atoms with Crippen molar-refractivity contribution in [2.45, 2.75) is 13.5 Å². The Labute approximate surface area is 195 Å². The van der Waals surface area contributed by atoms with Crippen LogP contribution in [0.2, 0.25) is 25.1 Å². The maximum atomic E-state index is 12.3. The van der Waals surface area contributed by atoms with Crippen LogP contribution in [0.5, 0.6) is 5.75 Å². The molecule has 148 valence electrons. The van der Waals surface area contributed by atoms with Crippen LogP contribution in [0.15, 0.2) is 21.5 Å². The maximum Gasteiger partial charge on any atom is 0.266 e. The standard InChI is InChI=1S/C17H10Cl5NO3S2/c1-2-23-16(24)9(28-17(23)27)5-7-3-4-8(26-7)6-25-15-13(21)11(19)10(18)12(20)14(15)22/h3-5H,2,6H2,1H3/b9-5+. The fraction of sp³-hybridized carbons (Fsp3) is 0.176. The summed E-state index contributed by atoms with van der Waals surface area (Å²) in [6, 6.07) is 3.41. The van der Waals surface area contributed by atoms with Gasteiger partial charge in [0.05, 0.1) is 20.0 Å². The number of thioether (sulfide) groups is 1. The monoisotopic (exact) mass is 515 g/mol. The van der Waals surface area contributed by atoms with Gasteiger partial charge in [-0.25, -0.2) is 0 Å². The van der Waals surface area contributed by atoms with E-state index in [4.69, 9.17) is 79.4 Å². The summed E-state index contributed by atoms with van der Waals surface area (Å²) in [5.74, 6) is 0.923. The molecule has 0 radical (unpaired) electrons. The molecule has 0 unspecified atom stereocenters. The number of amides is 1. The molecule has 2 heterocycles. The molecule has 1 aromatic heterocycles. The largest absolute Gasteiger partial charge is 0.482 e. The molecule has 1 saturated heterocycles. The van der Waals surface area contributed by atoms with E-state index in [0.717, 1.165) is 0 Å². The lowest BCUT2D eigenvalue weighted by atomic mass is 10.3. The second-order valence-corrected chi connectivity index (χ2v) is 8.98. The predicted molar refractivity (Wildman–Crippen MR) is 120 cm³/mol. The molecular weight excluding hydrogens is 508 g/mol. The van der Waals surface area contributed by atoms with Gasteiger partial charge >= 0.3 is 0 Å². The summed E-state index contributed by atoms with van der Waals surface area (Å²) >= 11 is 36.7. The number of hydrogen-bond donors (Lipinski definition) is 0. The first-order valence-corrected chi connectivity index (χ1v) is 10.8. The SMILES string of the molecule is CCN1C(=O)/C(=C\c2ccc(COc3c(Cl)c(Cl)c(Cl)c(Cl)c3Cl)o2)SC1=S. The lowest BCUT2D eigenvalue weighted by molar-refractivity contribution is -0.121. The maximum absolute atomic E-state index is 12.3. The molecule has 1 aliphatic heterocycles. The summed E-state index contributed by atoms with van der Waals surface area (Å²) in [7, 11) is 0. The van der Waals surface area contributed by atoms with E-state index in [2.05, 4.69) is 0 Å². The van der Waals surface area contributed by atoms with Crippen molar-refractivity contribution in [2.75, 3.05) is 6.54 Å². The fourth-order valence-electron chi connectivity index (χ4n) is 2.31. The average Bonchev–Trinajstić information content (AvgIpc) is 3.22. The van der Waals surface area contributed by atoms with Gasteiger partial charge < -0.3 is 9.15 Å². The summed E-state index contributed by atoms with van der Waals surface area (Å²) in [5.41, 5.74) is 0. The Kier molecular flexibility index (Phi) is 7.14. The molecule has 0 saturated carbocycles. The minimum atomic E-state index is -0.143. The molecule has 1 aliphatic rings. The van der Waals surface area contributed by atoms with Crippen LogP contribution < -0.4 is 4.74 Å². The third kappa shape index (κ3) is 4.29. The van der Waals surface area contributed by atoms with E-state index >= 15 is 0 Å². The highest BCUT2D eigenvalue weighted by atomic mass is 35.5. The molecule has 3 rings (SSSR count). The summed E-state index contributed by atoms with van der Waals surface area (Å²) in [5, 5.41) is 0.249. The molecule has 2 aromatic rings. The van der Waals surface area contributed by atoms with Crippen LogP contribution in [0, 0.1) is 0 Å². The summed E-state index contributed by atoms with van der Waals surface area (Å²) < 4.78 is 11.8. The molecule has 0 N–H and O–H groups in total. The second-order valence-electron chi connectivity index (χ2n) is 5.42. The van der Waals surface area contributed by atoms with Crippen molar-refractivity contribution in [3.63, 3.8) is 0 Å². The van der Waals surface area contributed by atoms with Crippen molar-refractivity contribution in [2.24, 2.45) is 0 Å². The van der Waals surface area contributed by atoms with E-state index in [9.17, 15) is 4.79 Å². The molecular formula is C17H10Cl5NO3S2. The van der Waals surface area contributed by atoms with Crippen LogP contribution in [0.3, 0.4) is 0 Å². The summed E-state index contributed by atoms with van der Waals surface area (Å²) in [6.07, 6.45) is 1.63. The number of carbonyl (C=O) groups is 1. The highest BCUT2D eigenvalue weighted by Crippen LogP contribution is 2.48. The highest BCUT2D eigenvalue weighted by Gasteiger charge is 2.31. The van der Waals surface area contributed by atoms with Gasteiger partial charge in [0.1, 0.15) is 32.5 Å². The average molecular weight is 518 g/mol. The Morgan fingerprint density at radius 2 is 1.71 bits per heavy atom. The Bertz CT molecular complexity index is 976. The molecule has 1 amide bonds. The third-order valence-electron chi connectivity index (χ3n) is 3.67. The molecule has 0 spiro atoms. The first kappa shape index (κ1) is 22.1. The zero-order valence-electron chi connectivity index (χ0n) is 14.0. The number of rotatable bonds is 5. The molecule has 11 heteroatoms. The number of halogens is 5. The van der Waals surface area contributed by atoms with Crippen molar-refractivity contribution in [3.8, 4) is 5.75 Å². The third-order valence-corrected chi connectivity index (χ3v) is 7.29. The fourth-order valence-corrected chi connectivity index (χ4v) is 4.90. The van der Waals surface area contributed by atoms with Gasteiger partial charge in [0, 0.05) is 12.6 Å². The molecule has 1 fully saturated rings. The molecule has 0 aliphatic carbocycles. The van der Waals surface area contributed by atoms with Crippen LogP contribution >= 0.6 is 82.0 Å². The van der Waals surface area contributed by atoms with Gasteiger partial charge in [-0.05, 0) is 19.1 Å². The van der Waals surface area contributed by atoms with Crippen molar-refractivity contribution in [3.05, 3.63) is 53.7 Å². The van der Waals surface area contributed by atoms with Crippen LogP contribution in [-0.4, -0.2) is 21.7 Å². The van der Waals surface area contributed by atoms with Crippen LogP contribution in [-0.2, 0) is 11.4 Å². The van der Waals surface area contributed by atoms with Gasteiger partial charge in [-0.1, -0.05) is 82.0 Å². The van der Waals surface area contributed by atoms with E-state index in [-0.39, 0.29) is 43.4 Å². The number of thiocarbonyl (C=S) groups is 1. The van der Waals surface area contributed by atoms with Crippen molar-refractivity contribution in [1.29, 1.82) is 0 Å². The number of hydrogen-bond acceptors (Lipinski definition) is 5. The summed E-state index contributed by atoms with van der Waals surface area (Å²) in [6.45, 7) is 2.39. The number of nitrogens with zero attached hydrogens (tertiary/aromatic N) is 1. The van der Waals surface area contributed by atoms with Crippen LogP contribution in [0.25, 0.3) is 6.08 Å². The molecule has 4 nitrogen and oxygen atoms in total. The van der Waals surface area contributed by atoms with Gasteiger partial charge in [-0.2, -0.15) is 0 Å². The van der Waals surface area contributed by atoms with Crippen molar-refractivity contribution in [1.82, 2.24) is 4.90 Å². The Morgan fingerprint density at radius 1 is 1.11 bits per heavy atom. The van der Waals surface area contributed by atoms with E-state index in [1.165, 1.54) is 16.7 Å². The minimum Gasteiger partial charge on any atom is -0.482 e. The normalized spacial score (nSPS) is 15.8. The topological polar surface area (TPSA) is 42.7 Å². The van der Waals surface area contributed by atoms with E-state index < -0.39 is 0 Å². The van der Waals surface area contributed by atoms with E-state index in [0.29, 0.717) is 27.3 Å². The van der Waals surface area contributed by atoms with E-state index in [1.54, 1.807) is 18.2 Å². The summed E-state index contributed by atoms with van der Waals surface area (Å²) in [4.78, 5) is 14.3. The number of carbonyl (C=O) groups excluding carboxylic acids is 1. The number of benzene rings is 1. The Morgan fingerprint density at radius 3 is 2.29 bits per heavy atom. The van der Waals surface area contributed by atoms with Crippen LogP contribution in [0.1, 0.15) is 18.4 Å². The number of furan rings is 1. The van der Waals surface area contributed by atoms with Gasteiger partial charge in [0.25, 0.3) is 5.91 Å². The molecule has 0 bridgehead atoms. The molecule has 0 atom stereocenters. The molecule has 28 heavy (non-hydrogen) atoms. The zero-order chi connectivity index (χ0) is 20.6. The Balaban J connectivity index is 1.76. The zero-order valence-corrected chi connectivity index (χ0v) is 19.4. The molecule has 1 aromatic carbocycles. The van der Waals surface area contributed by atoms with Gasteiger partial charge in [0.15, 0.2) is 5.75 Å². The Hall–Kier alpha value is -0.600. The highest BCUT2D eigenvalue weighted by molar-refractivity contribution is 8.26. The van der Waals surface area contributed by atoms with E-state index in [1.807, 2.05) is 6.92 Å². The van der Waals surface area contributed by atoms with Gasteiger partial charge in [0.2, 0.25) is 0 Å². The quantitative estimate of drug-likeness (QED) is 0.180. The number of likely N-dealkylation sites (N-methyl/N-ethyl adjacent to an activating group) is 1. The van der Waals surface area contributed by atoms with Crippen molar-refractivity contribution < 1.29 is 13.9 Å². The van der Waals surface area contributed by atoms with Crippen LogP contribution in [0.4, 0.5) is 0 Å². The predicted octanol–water partition coefficient (Wildman–Crippen LogP) is 7.35. The van der Waals surface area contributed by atoms with Crippen molar-refractivity contribution >= 4 is 98.3 Å².